The molecule has 1 aliphatic carbocycles. The summed E-state index contributed by atoms with van der Waals surface area (Å²) < 4.78 is 18.6. The highest BCUT2D eigenvalue weighted by atomic mass is 16.5. The molecule has 1 saturated carbocycles. The number of carbonyl (C=O) groups excluding carboxylic acids is 7. The summed E-state index contributed by atoms with van der Waals surface area (Å²) in [7, 11) is 0. The number of aryl methyl sites for hydroxylation is 1. The van der Waals surface area contributed by atoms with Gasteiger partial charge in [-0.2, -0.15) is 0 Å². The van der Waals surface area contributed by atoms with Crippen LogP contribution in [0.15, 0.2) is 49.1 Å². The second kappa shape index (κ2) is 19.7. The molecule has 64 heavy (non-hydrogen) atoms. The van der Waals surface area contributed by atoms with E-state index in [1.807, 2.05) is 28.5 Å². The fourth-order valence-corrected chi connectivity index (χ4v) is 8.21. The van der Waals surface area contributed by atoms with E-state index in [9.17, 15) is 33.6 Å². The molecule has 0 bridgehead atoms. The Morgan fingerprint density at radius 3 is 2.48 bits per heavy atom. The standard InChI is InChI=1S/C43H49N11O10/c1-25-3-2-4-32(49-25)40(58)50-27-17-28(18-27)53-24-48-37-38(46-23-47-39(37)53)45-20-26-9-12-52(13-10-26)36(57)22-63-16-15-62-14-11-44-35(56)21-64-29-5-6-30-31(19-29)43(61)54(42(30)60)33-7-8-34(55)51-41(33)59/h2-6,19,23-24,26-28,33H,7-18,20-22H2,1H3,(H,44,56)(H,50,58)(H,45,46,47)(H,51,55,59)/t27?,28?,33-/m0/s1. The van der Waals surface area contributed by atoms with Gasteiger partial charge in [0.15, 0.2) is 18.1 Å². The van der Waals surface area contributed by atoms with Crippen molar-refractivity contribution in [2.45, 2.75) is 63.6 Å². The SMILES string of the molecule is Cc1cccc(C(=O)NC2CC(n3cnc4c(NCC5CCN(C(=O)COCCOCCNC(=O)COc6ccc7c(c6)C(=O)N([C@H]6CCC(=O)NC6=O)C7=O)CC5)ncnc43)C2)n1. The Kier molecular flexibility index (Phi) is 13.5. The number of carbonyl (C=O) groups is 7. The van der Waals surface area contributed by atoms with E-state index < -0.39 is 35.6 Å². The number of imidazole rings is 1. The molecule has 4 N–H and O–H groups in total. The van der Waals surface area contributed by atoms with Crippen molar-refractivity contribution >= 4 is 58.3 Å². The van der Waals surface area contributed by atoms with Crippen molar-refractivity contribution < 1.29 is 47.8 Å². The summed E-state index contributed by atoms with van der Waals surface area (Å²) in [6.45, 7) is 4.20. The van der Waals surface area contributed by atoms with Crippen LogP contribution in [-0.4, -0.2) is 147 Å². The fourth-order valence-electron chi connectivity index (χ4n) is 8.21. The summed E-state index contributed by atoms with van der Waals surface area (Å²) in [5, 5.41) is 11.3. The van der Waals surface area contributed by atoms with E-state index in [2.05, 4.69) is 41.2 Å². The second-order valence-electron chi connectivity index (χ2n) is 16.2. The van der Waals surface area contributed by atoms with Crippen LogP contribution in [0.1, 0.15) is 81.5 Å². The molecule has 0 unspecified atom stereocenters. The van der Waals surface area contributed by atoms with Crippen LogP contribution < -0.4 is 26.0 Å². The Morgan fingerprint density at radius 2 is 1.69 bits per heavy atom. The monoisotopic (exact) mass is 879 g/mol. The van der Waals surface area contributed by atoms with E-state index in [1.54, 1.807) is 12.4 Å². The summed E-state index contributed by atoms with van der Waals surface area (Å²) in [6, 6.07) is 8.74. The molecule has 0 spiro atoms. The minimum absolute atomic E-state index is 0.0172. The molecule has 1 aromatic carbocycles. The molecule has 21 heteroatoms. The molecule has 3 fully saturated rings. The van der Waals surface area contributed by atoms with Crippen LogP contribution in [-0.2, 0) is 28.7 Å². The van der Waals surface area contributed by atoms with Gasteiger partial charge in [0.05, 0.1) is 37.3 Å². The van der Waals surface area contributed by atoms with Gasteiger partial charge in [0.25, 0.3) is 23.6 Å². The lowest BCUT2D eigenvalue weighted by Crippen LogP contribution is -2.54. The minimum Gasteiger partial charge on any atom is -0.484 e. The summed E-state index contributed by atoms with van der Waals surface area (Å²) in [4.78, 5) is 108. The Hall–Kier alpha value is -6.87. The fraction of sp³-hybridized carbons (Fsp3) is 0.465. The first-order valence-electron chi connectivity index (χ1n) is 21.4. The van der Waals surface area contributed by atoms with Gasteiger partial charge in [-0.05, 0) is 75.3 Å². The molecule has 3 aliphatic heterocycles. The summed E-state index contributed by atoms with van der Waals surface area (Å²) >= 11 is 0. The largest absolute Gasteiger partial charge is 0.484 e. The van der Waals surface area contributed by atoms with Crippen molar-refractivity contribution in [2.24, 2.45) is 5.92 Å². The quantitative estimate of drug-likeness (QED) is 0.0802. The first-order chi connectivity index (χ1) is 31.0. The maximum atomic E-state index is 13.0. The van der Waals surface area contributed by atoms with Gasteiger partial charge in [0, 0.05) is 50.4 Å². The van der Waals surface area contributed by atoms with E-state index in [0.717, 1.165) is 41.9 Å². The van der Waals surface area contributed by atoms with E-state index >= 15 is 0 Å². The lowest BCUT2D eigenvalue weighted by atomic mass is 9.86. The first kappa shape index (κ1) is 43.8. The Bertz CT molecular complexity index is 2450. The van der Waals surface area contributed by atoms with E-state index in [-0.39, 0.29) is 93.2 Å². The maximum absolute atomic E-state index is 13.0. The molecule has 1 atom stereocenters. The summed E-state index contributed by atoms with van der Waals surface area (Å²) in [5.74, 6) is -1.96. The van der Waals surface area contributed by atoms with Crippen molar-refractivity contribution in [1.29, 1.82) is 0 Å². The molecule has 2 saturated heterocycles. The highest BCUT2D eigenvalue weighted by Crippen LogP contribution is 2.35. The Balaban J connectivity index is 0.663. The number of fused-ring (bicyclic) bond motifs is 2. The lowest BCUT2D eigenvalue weighted by Gasteiger charge is -2.36. The molecule has 7 amide bonds. The van der Waals surface area contributed by atoms with Crippen LogP contribution in [0.25, 0.3) is 11.2 Å². The molecule has 0 radical (unpaired) electrons. The predicted octanol–water partition coefficient (Wildman–Crippen LogP) is 0.943. The smallest absolute Gasteiger partial charge is 0.270 e. The van der Waals surface area contributed by atoms with Gasteiger partial charge in [0.2, 0.25) is 17.7 Å². The minimum atomic E-state index is -1.08. The zero-order valence-electron chi connectivity index (χ0n) is 35.2. The average Bonchev–Trinajstić information content (AvgIpc) is 3.81. The molecule has 8 rings (SSSR count). The molecular weight excluding hydrogens is 831 g/mol. The predicted molar refractivity (Wildman–Crippen MR) is 225 cm³/mol. The number of imide groups is 2. The van der Waals surface area contributed by atoms with Gasteiger partial charge in [-0.1, -0.05) is 6.07 Å². The van der Waals surface area contributed by atoms with Gasteiger partial charge in [-0.3, -0.25) is 43.8 Å². The zero-order chi connectivity index (χ0) is 44.7. The van der Waals surface area contributed by atoms with Gasteiger partial charge in [-0.15, -0.1) is 0 Å². The molecule has 3 aromatic heterocycles. The van der Waals surface area contributed by atoms with Gasteiger partial charge in [0.1, 0.15) is 35.9 Å². The number of benzene rings is 1. The number of rotatable bonds is 18. The van der Waals surface area contributed by atoms with Crippen LogP contribution in [0.4, 0.5) is 5.82 Å². The number of pyridine rings is 1. The highest BCUT2D eigenvalue weighted by Gasteiger charge is 2.45. The van der Waals surface area contributed by atoms with Crippen LogP contribution in [0.3, 0.4) is 0 Å². The van der Waals surface area contributed by atoms with Crippen molar-refractivity contribution in [3.05, 3.63) is 71.6 Å². The first-order valence-corrected chi connectivity index (χ1v) is 21.4. The third-order valence-electron chi connectivity index (χ3n) is 11.8. The normalized spacial score (nSPS) is 19.9. The van der Waals surface area contributed by atoms with Gasteiger partial charge in [-0.25, -0.2) is 19.9 Å². The zero-order valence-corrected chi connectivity index (χ0v) is 35.2. The number of nitrogens with zero attached hydrogens (tertiary/aromatic N) is 7. The molecular formula is C43H49N11O10. The van der Waals surface area contributed by atoms with Crippen LogP contribution >= 0.6 is 0 Å². The van der Waals surface area contributed by atoms with E-state index in [0.29, 0.717) is 42.6 Å². The number of nitrogens with one attached hydrogen (secondary N) is 4. The molecule has 6 heterocycles. The Morgan fingerprint density at radius 1 is 0.891 bits per heavy atom. The topological polar surface area (TPSA) is 258 Å². The van der Waals surface area contributed by atoms with Gasteiger partial charge < -0.3 is 39.6 Å². The second-order valence-corrected chi connectivity index (χ2v) is 16.2. The van der Waals surface area contributed by atoms with Crippen molar-refractivity contribution in [3.8, 4) is 5.75 Å². The maximum Gasteiger partial charge on any atom is 0.270 e. The number of likely N-dealkylation sites (tertiary alicyclic amines) is 1. The number of aromatic nitrogens is 5. The molecule has 4 aliphatic rings. The lowest BCUT2D eigenvalue weighted by molar-refractivity contribution is -0.138. The van der Waals surface area contributed by atoms with Crippen LogP contribution in [0.5, 0.6) is 5.75 Å². The number of ether oxygens (including phenoxy) is 3. The number of hydrogen-bond acceptors (Lipinski definition) is 15. The highest BCUT2D eigenvalue weighted by molar-refractivity contribution is 6.23. The third kappa shape index (κ3) is 9.99. The van der Waals surface area contributed by atoms with E-state index in [1.165, 1.54) is 24.5 Å². The van der Waals surface area contributed by atoms with Crippen molar-refractivity contribution in [3.63, 3.8) is 0 Å². The molecule has 21 nitrogen and oxygen atoms in total. The number of piperidine rings is 2. The summed E-state index contributed by atoms with van der Waals surface area (Å²) in [6.07, 6.45) is 6.57. The van der Waals surface area contributed by atoms with Crippen LogP contribution in [0.2, 0.25) is 0 Å². The summed E-state index contributed by atoms with van der Waals surface area (Å²) in [5.41, 5.74) is 2.80. The van der Waals surface area contributed by atoms with Crippen LogP contribution in [0, 0.1) is 12.8 Å². The van der Waals surface area contributed by atoms with Crippen molar-refractivity contribution in [1.82, 2.24) is 50.3 Å². The third-order valence-corrected chi connectivity index (χ3v) is 11.8. The number of anilines is 1. The molecule has 336 valence electrons. The Labute approximate surface area is 367 Å². The number of amides is 7. The number of hydrogen-bond donors (Lipinski definition) is 4. The van der Waals surface area contributed by atoms with E-state index in [4.69, 9.17) is 14.2 Å². The van der Waals surface area contributed by atoms with Crippen molar-refractivity contribution in [2.75, 3.05) is 64.5 Å². The van der Waals surface area contributed by atoms with Gasteiger partial charge >= 0.3 is 0 Å². The average molecular weight is 880 g/mol. The molecule has 4 aromatic rings.